The molecule has 1 aliphatic rings. The lowest BCUT2D eigenvalue weighted by Crippen LogP contribution is -2.35. The van der Waals surface area contributed by atoms with Gasteiger partial charge in [0, 0.05) is 38.4 Å². The monoisotopic (exact) mass is 328 g/mol. The lowest BCUT2D eigenvalue weighted by atomic mass is 10.2. The van der Waals surface area contributed by atoms with Crippen molar-refractivity contribution in [2.75, 3.05) is 32.1 Å². The molecule has 1 saturated heterocycles. The van der Waals surface area contributed by atoms with Gasteiger partial charge in [-0.05, 0) is 42.3 Å². The second-order valence-electron chi connectivity index (χ2n) is 6.38. The van der Waals surface area contributed by atoms with Crippen LogP contribution in [0.15, 0.2) is 24.3 Å². The van der Waals surface area contributed by atoms with E-state index in [1.807, 2.05) is 48.2 Å². The van der Waals surface area contributed by atoms with Crippen molar-refractivity contribution >= 4 is 11.6 Å². The third kappa shape index (κ3) is 3.90. The molecule has 0 unspecified atom stereocenters. The standard InChI is InChI=1S/C17H24N6O/c1-21(2)15-9-7-14(8-10-15)17-18-20-23(19-17)13-16(24)22-11-5-3-4-6-12-22/h7-10H,3-6,11-13H2,1-2H3. The normalized spacial score (nSPS) is 15.2. The average molecular weight is 328 g/mol. The van der Waals surface area contributed by atoms with E-state index in [-0.39, 0.29) is 12.5 Å². The molecule has 1 aromatic heterocycles. The second kappa shape index (κ2) is 7.42. The highest BCUT2D eigenvalue weighted by Gasteiger charge is 2.17. The Kier molecular flexibility index (Phi) is 5.08. The van der Waals surface area contributed by atoms with Crippen LogP contribution in [0, 0.1) is 0 Å². The molecule has 7 nitrogen and oxygen atoms in total. The molecule has 0 saturated carbocycles. The first-order chi connectivity index (χ1) is 11.6. The fraction of sp³-hybridized carbons (Fsp3) is 0.529. The van der Waals surface area contributed by atoms with Gasteiger partial charge in [0.15, 0.2) is 0 Å². The van der Waals surface area contributed by atoms with Crippen molar-refractivity contribution in [1.29, 1.82) is 0 Å². The minimum Gasteiger partial charge on any atom is -0.378 e. The Morgan fingerprint density at radius 1 is 1.08 bits per heavy atom. The summed E-state index contributed by atoms with van der Waals surface area (Å²) >= 11 is 0. The molecule has 2 heterocycles. The van der Waals surface area contributed by atoms with E-state index in [2.05, 4.69) is 15.4 Å². The van der Waals surface area contributed by atoms with E-state index in [1.54, 1.807) is 0 Å². The summed E-state index contributed by atoms with van der Waals surface area (Å²) in [5.74, 6) is 0.618. The smallest absolute Gasteiger partial charge is 0.246 e. The van der Waals surface area contributed by atoms with Crippen LogP contribution >= 0.6 is 0 Å². The van der Waals surface area contributed by atoms with Crippen LogP contribution in [0.5, 0.6) is 0 Å². The number of rotatable bonds is 4. The van der Waals surface area contributed by atoms with Gasteiger partial charge in [0.1, 0.15) is 6.54 Å². The molecule has 1 fully saturated rings. The van der Waals surface area contributed by atoms with Crippen LogP contribution in [0.4, 0.5) is 5.69 Å². The summed E-state index contributed by atoms with van der Waals surface area (Å²) in [6, 6.07) is 7.96. The number of amides is 1. The van der Waals surface area contributed by atoms with Crippen molar-refractivity contribution in [3.8, 4) is 11.4 Å². The van der Waals surface area contributed by atoms with Crippen molar-refractivity contribution in [3.05, 3.63) is 24.3 Å². The maximum atomic E-state index is 12.4. The summed E-state index contributed by atoms with van der Waals surface area (Å²) in [4.78, 5) is 17.7. The number of anilines is 1. The molecule has 0 radical (unpaired) electrons. The Hall–Kier alpha value is -2.44. The summed E-state index contributed by atoms with van der Waals surface area (Å²) in [6.45, 7) is 1.83. The van der Waals surface area contributed by atoms with Crippen LogP contribution in [-0.4, -0.2) is 58.2 Å². The molecule has 3 rings (SSSR count). The van der Waals surface area contributed by atoms with Gasteiger partial charge in [0.25, 0.3) is 0 Å². The highest BCUT2D eigenvalue weighted by Crippen LogP contribution is 2.18. The van der Waals surface area contributed by atoms with Crippen molar-refractivity contribution < 1.29 is 4.79 Å². The highest BCUT2D eigenvalue weighted by molar-refractivity contribution is 5.75. The van der Waals surface area contributed by atoms with Gasteiger partial charge in [0.2, 0.25) is 11.7 Å². The van der Waals surface area contributed by atoms with E-state index in [4.69, 9.17) is 0 Å². The van der Waals surface area contributed by atoms with Gasteiger partial charge in [-0.1, -0.05) is 12.8 Å². The number of nitrogens with zero attached hydrogens (tertiary/aromatic N) is 6. The van der Waals surface area contributed by atoms with Crippen LogP contribution in [0.2, 0.25) is 0 Å². The van der Waals surface area contributed by atoms with Gasteiger partial charge in [0.05, 0.1) is 0 Å². The zero-order valence-corrected chi connectivity index (χ0v) is 14.4. The zero-order chi connectivity index (χ0) is 16.9. The van der Waals surface area contributed by atoms with Gasteiger partial charge in [-0.3, -0.25) is 4.79 Å². The molecular weight excluding hydrogens is 304 g/mol. The molecule has 0 atom stereocenters. The van der Waals surface area contributed by atoms with E-state index in [9.17, 15) is 4.79 Å². The van der Waals surface area contributed by atoms with Gasteiger partial charge in [-0.2, -0.15) is 4.80 Å². The lowest BCUT2D eigenvalue weighted by Gasteiger charge is -2.19. The molecule has 2 aromatic rings. The summed E-state index contributed by atoms with van der Waals surface area (Å²) in [5.41, 5.74) is 2.01. The second-order valence-corrected chi connectivity index (χ2v) is 6.38. The third-order valence-corrected chi connectivity index (χ3v) is 4.33. The number of carbonyl (C=O) groups excluding carboxylic acids is 1. The molecule has 0 N–H and O–H groups in total. The molecular formula is C17H24N6O. The number of hydrogen-bond donors (Lipinski definition) is 0. The van der Waals surface area contributed by atoms with E-state index in [0.29, 0.717) is 5.82 Å². The van der Waals surface area contributed by atoms with Crippen molar-refractivity contribution in [1.82, 2.24) is 25.1 Å². The summed E-state index contributed by atoms with van der Waals surface area (Å²) in [6.07, 6.45) is 4.58. The van der Waals surface area contributed by atoms with Crippen molar-refractivity contribution in [2.45, 2.75) is 32.2 Å². The van der Waals surface area contributed by atoms with Crippen LogP contribution in [-0.2, 0) is 11.3 Å². The van der Waals surface area contributed by atoms with Gasteiger partial charge >= 0.3 is 0 Å². The molecule has 1 aromatic carbocycles. The Morgan fingerprint density at radius 3 is 2.38 bits per heavy atom. The first-order valence-corrected chi connectivity index (χ1v) is 8.47. The Balaban J connectivity index is 1.65. The fourth-order valence-electron chi connectivity index (χ4n) is 2.88. The van der Waals surface area contributed by atoms with Gasteiger partial charge in [-0.15, -0.1) is 10.2 Å². The predicted octanol–water partition coefficient (Wildman–Crippen LogP) is 1.81. The van der Waals surface area contributed by atoms with Crippen LogP contribution in [0.3, 0.4) is 0 Å². The minimum atomic E-state index is 0.0730. The van der Waals surface area contributed by atoms with E-state index >= 15 is 0 Å². The van der Waals surface area contributed by atoms with E-state index in [0.717, 1.165) is 37.2 Å². The first-order valence-electron chi connectivity index (χ1n) is 8.47. The van der Waals surface area contributed by atoms with Crippen molar-refractivity contribution in [2.24, 2.45) is 0 Å². The number of likely N-dealkylation sites (tertiary alicyclic amines) is 1. The molecule has 7 heteroatoms. The SMILES string of the molecule is CN(C)c1ccc(-c2nnn(CC(=O)N3CCCCCC3)n2)cc1. The summed E-state index contributed by atoms with van der Waals surface area (Å²) in [7, 11) is 4.00. The molecule has 0 aliphatic carbocycles. The van der Waals surface area contributed by atoms with Crippen LogP contribution in [0.1, 0.15) is 25.7 Å². The Bertz CT molecular complexity index is 671. The summed E-state index contributed by atoms with van der Waals surface area (Å²) in [5, 5.41) is 12.4. The summed E-state index contributed by atoms with van der Waals surface area (Å²) < 4.78 is 0. The number of carbonyl (C=O) groups is 1. The zero-order valence-electron chi connectivity index (χ0n) is 14.4. The third-order valence-electron chi connectivity index (χ3n) is 4.33. The highest BCUT2D eigenvalue weighted by atomic mass is 16.2. The van der Waals surface area contributed by atoms with Crippen LogP contribution in [0.25, 0.3) is 11.4 Å². The van der Waals surface area contributed by atoms with E-state index < -0.39 is 0 Å². The predicted molar refractivity (Wildman–Crippen MR) is 92.6 cm³/mol. The molecule has 24 heavy (non-hydrogen) atoms. The number of aromatic nitrogens is 4. The van der Waals surface area contributed by atoms with Crippen LogP contribution < -0.4 is 4.90 Å². The molecule has 1 aliphatic heterocycles. The maximum Gasteiger partial charge on any atom is 0.246 e. The topological polar surface area (TPSA) is 67.2 Å². The first kappa shape index (κ1) is 16.4. The molecule has 1 amide bonds. The number of benzene rings is 1. The fourth-order valence-corrected chi connectivity index (χ4v) is 2.88. The number of hydrogen-bond acceptors (Lipinski definition) is 5. The lowest BCUT2D eigenvalue weighted by molar-refractivity contribution is -0.132. The Labute approximate surface area is 142 Å². The molecule has 0 spiro atoms. The number of tetrazole rings is 1. The van der Waals surface area contributed by atoms with Crippen molar-refractivity contribution in [3.63, 3.8) is 0 Å². The van der Waals surface area contributed by atoms with Gasteiger partial charge in [-0.25, -0.2) is 0 Å². The Morgan fingerprint density at radius 2 is 1.75 bits per heavy atom. The quantitative estimate of drug-likeness (QED) is 0.856. The molecule has 128 valence electrons. The minimum absolute atomic E-state index is 0.0730. The average Bonchev–Trinajstić information content (AvgIpc) is 2.87. The maximum absolute atomic E-state index is 12.4. The molecule has 0 bridgehead atoms. The van der Waals surface area contributed by atoms with E-state index in [1.165, 1.54) is 17.6 Å². The largest absolute Gasteiger partial charge is 0.378 e. The van der Waals surface area contributed by atoms with Gasteiger partial charge < -0.3 is 9.80 Å².